The van der Waals surface area contributed by atoms with E-state index in [1.54, 1.807) is 30.3 Å². The Labute approximate surface area is 114 Å². The Morgan fingerprint density at radius 2 is 2.00 bits per heavy atom. The predicted octanol–water partition coefficient (Wildman–Crippen LogP) is 1.42. The topological polar surface area (TPSA) is 52.6 Å². The number of benzene rings is 1. The minimum absolute atomic E-state index is 0.268. The first kappa shape index (κ1) is 13.5. The average molecular weight is 304 g/mol. The SMILES string of the molecule is CO[C](=[Cr])C1=C(S(=O)(=O)c2ccccc2)CCO1. The zero-order valence-electron chi connectivity index (χ0n) is 9.75. The molecule has 6 heteroatoms. The molecule has 0 N–H and O–H groups in total. The molecule has 0 aliphatic carbocycles. The number of methoxy groups -OCH3 is 1. The molecule has 96 valence electrons. The Bertz CT molecular complexity index is 590. The van der Waals surface area contributed by atoms with Gasteiger partial charge in [-0.3, -0.25) is 0 Å². The van der Waals surface area contributed by atoms with E-state index in [0.717, 1.165) is 0 Å². The van der Waals surface area contributed by atoms with Crippen molar-refractivity contribution in [1.29, 1.82) is 0 Å². The number of hydrogen-bond donors (Lipinski definition) is 0. The molecule has 1 aliphatic rings. The first-order valence-corrected chi connectivity index (χ1v) is 7.44. The van der Waals surface area contributed by atoms with Gasteiger partial charge in [0, 0.05) is 0 Å². The van der Waals surface area contributed by atoms with Gasteiger partial charge in [-0.05, 0) is 0 Å². The van der Waals surface area contributed by atoms with Crippen LogP contribution in [-0.4, -0.2) is 26.7 Å². The molecule has 0 amide bonds. The quantitative estimate of drug-likeness (QED) is 0.844. The molecular formula is C12H12CrO4S. The fourth-order valence-electron chi connectivity index (χ4n) is 1.70. The van der Waals surface area contributed by atoms with Crippen LogP contribution in [0.4, 0.5) is 0 Å². The molecule has 0 spiro atoms. The summed E-state index contributed by atoms with van der Waals surface area (Å²) in [6.45, 7) is 0.352. The third-order valence-electron chi connectivity index (χ3n) is 2.58. The zero-order valence-corrected chi connectivity index (χ0v) is 11.8. The van der Waals surface area contributed by atoms with Gasteiger partial charge in [-0.25, -0.2) is 0 Å². The third-order valence-corrected chi connectivity index (χ3v) is 5.06. The normalized spacial score (nSPS) is 15.6. The molecule has 0 bridgehead atoms. The summed E-state index contributed by atoms with van der Waals surface area (Å²) in [4.78, 5) is 0.538. The Hall–Kier alpha value is -0.928. The molecule has 1 aromatic rings. The van der Waals surface area contributed by atoms with Gasteiger partial charge < -0.3 is 0 Å². The molecule has 1 heterocycles. The first-order chi connectivity index (χ1) is 8.57. The van der Waals surface area contributed by atoms with E-state index in [9.17, 15) is 8.42 Å². The van der Waals surface area contributed by atoms with E-state index in [1.165, 1.54) is 7.11 Å². The summed E-state index contributed by atoms with van der Waals surface area (Å²) >= 11 is 2.67. The van der Waals surface area contributed by atoms with Crippen LogP contribution in [0.1, 0.15) is 6.42 Å². The summed E-state index contributed by atoms with van der Waals surface area (Å²) in [6.07, 6.45) is 0.362. The molecule has 0 saturated carbocycles. The summed E-state index contributed by atoms with van der Waals surface area (Å²) in [5, 5.41) is 0. The van der Waals surface area contributed by atoms with Gasteiger partial charge >= 0.3 is 114 Å². The number of sulfone groups is 1. The number of hydrogen-bond acceptors (Lipinski definition) is 4. The van der Waals surface area contributed by atoms with Crippen LogP contribution in [0.3, 0.4) is 0 Å². The summed E-state index contributed by atoms with van der Waals surface area (Å²) in [6, 6.07) is 8.32. The molecule has 0 saturated heterocycles. The second kappa shape index (κ2) is 5.37. The van der Waals surface area contributed by atoms with Crippen molar-refractivity contribution >= 4 is 14.4 Å². The van der Waals surface area contributed by atoms with Crippen LogP contribution in [0.5, 0.6) is 0 Å². The second-order valence-electron chi connectivity index (χ2n) is 3.66. The van der Waals surface area contributed by atoms with Crippen LogP contribution in [0.15, 0.2) is 45.9 Å². The van der Waals surface area contributed by atoms with E-state index in [2.05, 4.69) is 15.9 Å². The van der Waals surface area contributed by atoms with Crippen molar-refractivity contribution < 1.29 is 33.7 Å². The predicted molar refractivity (Wildman–Crippen MR) is 63.2 cm³/mol. The molecule has 4 nitrogen and oxygen atoms in total. The van der Waals surface area contributed by atoms with Crippen LogP contribution in [0, 0.1) is 0 Å². The molecule has 1 aliphatic heterocycles. The fraction of sp³-hybridized carbons (Fsp3) is 0.250. The van der Waals surface area contributed by atoms with Crippen LogP contribution in [0.25, 0.3) is 0 Å². The minimum atomic E-state index is -3.51. The fourth-order valence-corrected chi connectivity index (χ4v) is 3.64. The van der Waals surface area contributed by atoms with E-state index in [-0.39, 0.29) is 9.80 Å². The molecule has 0 unspecified atom stereocenters. The average Bonchev–Trinajstić information content (AvgIpc) is 2.89. The van der Waals surface area contributed by atoms with Gasteiger partial charge in [0.05, 0.1) is 0 Å². The first-order valence-electron chi connectivity index (χ1n) is 5.32. The second-order valence-corrected chi connectivity index (χ2v) is 6.21. The zero-order chi connectivity index (χ0) is 13.2. The monoisotopic (exact) mass is 304 g/mol. The summed E-state index contributed by atoms with van der Waals surface area (Å²) < 4.78 is 35.6. The van der Waals surface area contributed by atoms with Crippen LogP contribution in [-0.2, 0) is 35.2 Å². The van der Waals surface area contributed by atoms with Crippen molar-refractivity contribution in [2.45, 2.75) is 11.3 Å². The van der Waals surface area contributed by atoms with Crippen molar-refractivity contribution in [2.24, 2.45) is 0 Å². The van der Waals surface area contributed by atoms with E-state index in [1.807, 2.05) is 0 Å². The Kier molecular flexibility index (Phi) is 4.03. The standard InChI is InChI=1S/C12H12O4S.Cr/c1-15-9-11-12(7-8-16-11)17(13,14)10-5-3-2-4-6-10;/h2-6H,7-8H2,1H3;. The number of ether oxygens (including phenoxy) is 2. The Balaban J connectivity index is 2.51. The number of rotatable bonds is 4. The molecule has 18 heavy (non-hydrogen) atoms. The maximum atomic E-state index is 12.4. The van der Waals surface area contributed by atoms with Gasteiger partial charge in [0.25, 0.3) is 0 Å². The Morgan fingerprint density at radius 1 is 1.33 bits per heavy atom. The van der Waals surface area contributed by atoms with Crippen LogP contribution >= 0.6 is 0 Å². The van der Waals surface area contributed by atoms with Gasteiger partial charge in [-0.2, -0.15) is 0 Å². The van der Waals surface area contributed by atoms with Crippen molar-refractivity contribution in [3.63, 3.8) is 0 Å². The molecule has 0 fully saturated rings. The molecule has 1 aromatic carbocycles. The molecule has 0 aromatic heterocycles. The van der Waals surface area contributed by atoms with Crippen molar-refractivity contribution in [3.8, 4) is 0 Å². The molecular weight excluding hydrogens is 292 g/mol. The van der Waals surface area contributed by atoms with Crippen LogP contribution < -0.4 is 0 Å². The van der Waals surface area contributed by atoms with Gasteiger partial charge in [-0.1, -0.05) is 0 Å². The van der Waals surface area contributed by atoms with Gasteiger partial charge in [0.15, 0.2) is 0 Å². The van der Waals surface area contributed by atoms with Crippen molar-refractivity contribution in [1.82, 2.24) is 0 Å². The maximum absolute atomic E-state index is 12.4. The summed E-state index contributed by atoms with van der Waals surface area (Å²) in [7, 11) is -2.04. The Morgan fingerprint density at radius 3 is 2.61 bits per heavy atom. The van der Waals surface area contributed by atoms with Gasteiger partial charge in [0.2, 0.25) is 0 Å². The van der Waals surface area contributed by atoms with E-state index in [0.29, 0.717) is 23.4 Å². The van der Waals surface area contributed by atoms with E-state index < -0.39 is 9.84 Å². The van der Waals surface area contributed by atoms with Crippen molar-refractivity contribution in [2.75, 3.05) is 13.7 Å². The van der Waals surface area contributed by atoms with E-state index >= 15 is 0 Å². The molecule has 0 radical (unpaired) electrons. The van der Waals surface area contributed by atoms with Gasteiger partial charge in [-0.15, -0.1) is 0 Å². The summed E-state index contributed by atoms with van der Waals surface area (Å²) in [5.41, 5.74) is 0. The molecule has 0 atom stereocenters. The van der Waals surface area contributed by atoms with Crippen LogP contribution in [0.2, 0.25) is 0 Å². The van der Waals surface area contributed by atoms with E-state index in [4.69, 9.17) is 9.47 Å². The van der Waals surface area contributed by atoms with Crippen molar-refractivity contribution in [3.05, 3.63) is 41.0 Å². The van der Waals surface area contributed by atoms with Gasteiger partial charge in [0.1, 0.15) is 0 Å². The molecule has 2 rings (SSSR count). The summed E-state index contributed by atoms with van der Waals surface area (Å²) in [5.74, 6) is 0.293. The third kappa shape index (κ3) is 2.43.